The monoisotopic (exact) mass is 579 g/mol. The maximum absolute atomic E-state index is 9.44. The van der Waals surface area contributed by atoms with Gasteiger partial charge >= 0.3 is 0 Å². The van der Waals surface area contributed by atoms with Gasteiger partial charge in [-0.05, 0) is 58.1 Å². The van der Waals surface area contributed by atoms with Gasteiger partial charge in [-0.25, -0.2) is 4.99 Å². The van der Waals surface area contributed by atoms with Gasteiger partial charge in [0, 0.05) is 42.2 Å². The maximum atomic E-state index is 9.44. The second kappa shape index (κ2) is 9.73. The van der Waals surface area contributed by atoms with Crippen LogP contribution in [0, 0.1) is 5.41 Å². The molecule has 1 aliphatic rings. The molecule has 0 saturated carbocycles. The Morgan fingerprint density at radius 2 is 1.25 bits per heavy atom. The lowest BCUT2D eigenvalue weighted by Crippen LogP contribution is -2.18. The number of benzene rings is 7. The molecule has 0 radical (unpaired) electrons. The van der Waals surface area contributed by atoms with Crippen molar-refractivity contribution >= 4 is 82.2 Å². The summed E-state index contributed by atoms with van der Waals surface area (Å²) >= 11 is 1.77. The minimum Gasteiger partial charge on any atom is -0.300 e. The molecule has 0 unspecified atom stereocenters. The Labute approximate surface area is 258 Å². The molecule has 1 aliphatic heterocycles. The molecule has 4 heteroatoms. The molecule has 0 atom stereocenters. The average molecular weight is 580 g/mol. The Bertz CT molecular complexity index is 2480. The number of hydrogen-bond donors (Lipinski definition) is 1. The molecule has 0 amide bonds. The zero-order valence-electron chi connectivity index (χ0n) is 23.7. The highest BCUT2D eigenvalue weighted by atomic mass is 32.1. The van der Waals surface area contributed by atoms with E-state index in [-0.39, 0.29) is 0 Å². The van der Waals surface area contributed by atoms with Crippen LogP contribution < -0.4 is 4.90 Å². The fraction of sp³-hybridized carbons (Fsp3) is 0. The summed E-state index contributed by atoms with van der Waals surface area (Å²) in [6, 6.07) is 48.8. The van der Waals surface area contributed by atoms with Crippen molar-refractivity contribution in [2.75, 3.05) is 4.90 Å². The Balaban J connectivity index is 1.21. The first kappa shape index (κ1) is 25.0. The number of thiophene rings is 1. The van der Waals surface area contributed by atoms with E-state index < -0.39 is 0 Å². The van der Waals surface area contributed by atoms with Crippen molar-refractivity contribution < 1.29 is 0 Å². The summed E-state index contributed by atoms with van der Waals surface area (Å²) in [4.78, 5) is 7.32. The number of nitrogens with zero attached hydrogens (tertiary/aromatic N) is 2. The smallest absolute Gasteiger partial charge is 0.100 e. The maximum Gasteiger partial charge on any atom is 0.100 e. The van der Waals surface area contributed by atoms with E-state index in [9.17, 15) is 5.41 Å². The van der Waals surface area contributed by atoms with Crippen molar-refractivity contribution in [3.05, 3.63) is 151 Å². The molecule has 1 N–H and O–H groups in total. The number of rotatable bonds is 4. The van der Waals surface area contributed by atoms with Gasteiger partial charge in [0.05, 0.1) is 22.8 Å². The molecular formula is C40H25N3S. The minimum absolute atomic E-state index is 0.476. The molecule has 44 heavy (non-hydrogen) atoms. The lowest BCUT2D eigenvalue weighted by molar-refractivity contribution is 1.35. The predicted molar refractivity (Wildman–Crippen MR) is 189 cm³/mol. The van der Waals surface area contributed by atoms with Crippen LogP contribution in [-0.4, -0.2) is 12.1 Å². The molecule has 1 aromatic heterocycles. The van der Waals surface area contributed by atoms with Crippen LogP contribution in [0.15, 0.2) is 145 Å². The summed E-state index contributed by atoms with van der Waals surface area (Å²) in [5.74, 6) is 0. The fourth-order valence-electron chi connectivity index (χ4n) is 6.69. The molecule has 7 aromatic carbocycles. The van der Waals surface area contributed by atoms with Crippen molar-refractivity contribution in [2.45, 2.75) is 0 Å². The molecule has 9 rings (SSSR count). The molecule has 0 fully saturated rings. The van der Waals surface area contributed by atoms with Gasteiger partial charge in [0.2, 0.25) is 0 Å². The highest BCUT2D eigenvalue weighted by Gasteiger charge is 2.24. The van der Waals surface area contributed by atoms with Gasteiger partial charge in [-0.1, -0.05) is 103 Å². The summed E-state index contributed by atoms with van der Waals surface area (Å²) in [6.45, 7) is 0. The van der Waals surface area contributed by atoms with Gasteiger partial charge in [-0.3, -0.25) is 10.3 Å². The Morgan fingerprint density at radius 3 is 2.16 bits per heavy atom. The Hall–Kier alpha value is -5.58. The van der Waals surface area contributed by atoms with Gasteiger partial charge < -0.3 is 0 Å². The van der Waals surface area contributed by atoms with Crippen LogP contribution in [0.1, 0.15) is 11.1 Å². The standard InChI is InChI=1S/C40H25N3S/c41-40(31-17-9-21-37-39(31)30-15-4-6-20-36(30)44-37)29-14-3-5-18-33(29)42-24-43-34-19-8-13-25-12-7-16-28(38(25)34)32-22-26-10-1-2-11-27(26)23-35(32)43/h1-24,41H. The number of anilines is 2. The molecule has 8 aromatic rings. The van der Waals surface area contributed by atoms with Gasteiger partial charge in [0.25, 0.3) is 0 Å². The molecule has 2 heterocycles. The van der Waals surface area contributed by atoms with Crippen LogP contribution in [0.5, 0.6) is 0 Å². The first-order valence-corrected chi connectivity index (χ1v) is 15.5. The molecular weight excluding hydrogens is 555 g/mol. The zero-order valence-corrected chi connectivity index (χ0v) is 24.5. The summed E-state index contributed by atoms with van der Waals surface area (Å²) in [6.07, 6.45) is 1.94. The van der Waals surface area contributed by atoms with Gasteiger partial charge in [-0.15, -0.1) is 11.3 Å². The lowest BCUT2D eigenvalue weighted by atomic mass is 9.90. The van der Waals surface area contributed by atoms with E-state index in [4.69, 9.17) is 4.99 Å². The topological polar surface area (TPSA) is 39.5 Å². The van der Waals surface area contributed by atoms with E-state index >= 15 is 0 Å². The van der Waals surface area contributed by atoms with Crippen LogP contribution in [0.3, 0.4) is 0 Å². The largest absolute Gasteiger partial charge is 0.300 e. The minimum atomic E-state index is 0.476. The second-order valence-corrected chi connectivity index (χ2v) is 12.3. The summed E-state index contributed by atoms with van der Waals surface area (Å²) in [5, 5.41) is 16.6. The van der Waals surface area contributed by atoms with Crippen molar-refractivity contribution in [1.82, 2.24) is 0 Å². The van der Waals surface area contributed by atoms with Crippen molar-refractivity contribution in [1.29, 1.82) is 5.41 Å². The highest BCUT2D eigenvalue weighted by Crippen LogP contribution is 2.48. The van der Waals surface area contributed by atoms with E-state index in [0.717, 1.165) is 33.6 Å². The summed E-state index contributed by atoms with van der Waals surface area (Å²) < 4.78 is 2.43. The number of nitrogens with one attached hydrogen (secondary N) is 1. The number of hydrogen-bond acceptors (Lipinski definition) is 3. The van der Waals surface area contributed by atoms with Crippen LogP contribution in [-0.2, 0) is 0 Å². The fourth-order valence-corrected chi connectivity index (χ4v) is 7.82. The number of para-hydroxylation sites is 1. The molecule has 3 nitrogen and oxygen atoms in total. The third-order valence-electron chi connectivity index (χ3n) is 8.71. The van der Waals surface area contributed by atoms with Gasteiger partial charge in [0.1, 0.15) is 6.34 Å². The van der Waals surface area contributed by atoms with Crippen molar-refractivity contribution in [2.24, 2.45) is 4.99 Å². The third-order valence-corrected chi connectivity index (χ3v) is 9.85. The highest BCUT2D eigenvalue weighted by molar-refractivity contribution is 7.25. The number of fused-ring (bicyclic) bond motifs is 6. The lowest BCUT2D eigenvalue weighted by Gasteiger charge is -2.30. The molecule has 206 valence electrons. The molecule has 0 bridgehead atoms. The van der Waals surface area contributed by atoms with Crippen molar-refractivity contribution in [3.8, 4) is 11.1 Å². The van der Waals surface area contributed by atoms with E-state index in [1.165, 1.54) is 47.5 Å². The van der Waals surface area contributed by atoms with Crippen LogP contribution in [0.2, 0.25) is 0 Å². The van der Waals surface area contributed by atoms with Gasteiger partial charge in [0.15, 0.2) is 0 Å². The zero-order chi connectivity index (χ0) is 29.2. The van der Waals surface area contributed by atoms with E-state index in [0.29, 0.717) is 5.71 Å². The Kier molecular flexibility index (Phi) is 5.52. The van der Waals surface area contributed by atoms with E-state index in [1.54, 1.807) is 11.3 Å². The SMILES string of the molecule is N=C(c1ccccc1N=CN1c2cc3ccccc3cc2-c2cccc3cccc1c23)c1cccc2sc3ccccc3c12. The van der Waals surface area contributed by atoms with Gasteiger partial charge in [-0.2, -0.15) is 0 Å². The Morgan fingerprint density at radius 1 is 0.568 bits per heavy atom. The first-order valence-electron chi connectivity index (χ1n) is 14.7. The van der Waals surface area contributed by atoms with Crippen LogP contribution in [0.4, 0.5) is 17.1 Å². The predicted octanol–water partition coefficient (Wildman–Crippen LogP) is 11.3. The van der Waals surface area contributed by atoms with Crippen molar-refractivity contribution in [3.63, 3.8) is 0 Å². The number of aliphatic imine (C=N–C) groups is 1. The second-order valence-electron chi connectivity index (χ2n) is 11.2. The summed E-state index contributed by atoms with van der Waals surface area (Å²) in [5.41, 5.74) is 7.61. The molecule has 0 spiro atoms. The van der Waals surface area contributed by atoms with Crippen LogP contribution >= 0.6 is 11.3 Å². The average Bonchev–Trinajstić information content (AvgIpc) is 3.46. The third kappa shape index (κ3) is 3.75. The summed E-state index contributed by atoms with van der Waals surface area (Å²) in [7, 11) is 0. The van der Waals surface area contributed by atoms with E-state index in [2.05, 4.69) is 120 Å². The molecule has 0 saturated heterocycles. The van der Waals surface area contributed by atoms with Crippen LogP contribution in [0.25, 0.3) is 52.8 Å². The first-order chi connectivity index (χ1) is 21.7. The normalized spacial score (nSPS) is 12.5. The van der Waals surface area contributed by atoms with E-state index in [1.807, 2.05) is 30.6 Å². The quantitative estimate of drug-likeness (QED) is 0.163. The molecule has 0 aliphatic carbocycles.